The smallest absolute Gasteiger partial charge is 0.306 e. The van der Waals surface area contributed by atoms with Crippen LogP contribution in [0.25, 0.3) is 0 Å². The van der Waals surface area contributed by atoms with Crippen molar-refractivity contribution in [2.45, 2.75) is 431 Å². The number of carbonyl (C=O) groups excluding carboxylic acids is 2. The van der Waals surface area contributed by atoms with Crippen molar-refractivity contribution >= 4 is 19.8 Å². The van der Waals surface area contributed by atoms with Gasteiger partial charge in [-0.3, -0.25) is 14.2 Å². The lowest BCUT2D eigenvalue weighted by Gasteiger charge is -2.28. The fourth-order valence-electron chi connectivity index (χ4n) is 12.2. The van der Waals surface area contributed by atoms with E-state index < -0.39 is 26.5 Å². The largest absolute Gasteiger partial charge is 0.756 e. The van der Waals surface area contributed by atoms with Crippen molar-refractivity contribution in [1.82, 2.24) is 0 Å². The van der Waals surface area contributed by atoms with Crippen LogP contribution < -0.4 is 4.89 Å². The van der Waals surface area contributed by atoms with Crippen LogP contribution >= 0.6 is 7.82 Å². The van der Waals surface area contributed by atoms with Gasteiger partial charge in [-0.25, -0.2) is 0 Å². The molecule has 0 radical (unpaired) electrons. The molecule has 0 heterocycles. The summed E-state index contributed by atoms with van der Waals surface area (Å²) in [6.45, 7) is 4.34. The standard InChI is InChI=1S/C78H154NO8P/c1-6-8-10-12-14-16-18-20-22-24-26-28-30-32-34-36-37-38-39-40-41-43-44-46-48-50-52-54-56-58-60-62-64-66-68-70-77(80)84-74-76(75-86-88(82,83)85-73-72-79(3,4)5)87-78(81)71-69-67-65-63-61-59-57-55-53-51-49-47-45-42-35-33-31-29-27-25-23-21-19-17-15-13-11-9-7-2/h25,27,76H,6-24,26,28-75H2,1-5H3/b27-25-. The molecule has 0 saturated heterocycles. The minimum atomic E-state index is -4.64. The predicted octanol–water partition coefficient (Wildman–Crippen LogP) is 25.2. The number of allylic oxidation sites excluding steroid dienone is 2. The summed E-state index contributed by atoms with van der Waals surface area (Å²) in [5.74, 6) is -0.804. The van der Waals surface area contributed by atoms with Crippen molar-refractivity contribution in [2.24, 2.45) is 0 Å². The summed E-state index contributed by atoms with van der Waals surface area (Å²) in [5.41, 5.74) is 0. The number of rotatable bonds is 75. The zero-order chi connectivity index (χ0) is 64.1. The maximum atomic E-state index is 12.9. The van der Waals surface area contributed by atoms with Gasteiger partial charge >= 0.3 is 11.9 Å². The van der Waals surface area contributed by atoms with Crippen LogP contribution in [0.15, 0.2) is 12.2 Å². The van der Waals surface area contributed by atoms with Crippen LogP contribution in [0.5, 0.6) is 0 Å². The minimum Gasteiger partial charge on any atom is -0.756 e. The van der Waals surface area contributed by atoms with Gasteiger partial charge in [-0.05, 0) is 38.5 Å². The van der Waals surface area contributed by atoms with Crippen LogP contribution in [0.3, 0.4) is 0 Å². The molecule has 0 amide bonds. The second kappa shape index (κ2) is 70.1. The van der Waals surface area contributed by atoms with Crippen LogP contribution in [-0.2, 0) is 32.7 Å². The Morgan fingerprint density at radius 2 is 0.580 bits per heavy atom. The third-order valence-corrected chi connectivity index (χ3v) is 19.2. The van der Waals surface area contributed by atoms with Crippen LogP contribution in [0.4, 0.5) is 0 Å². The predicted molar refractivity (Wildman–Crippen MR) is 379 cm³/mol. The molecular formula is C78H154NO8P. The molecule has 0 bridgehead atoms. The number of ether oxygens (including phenoxy) is 2. The molecule has 9 nitrogen and oxygen atoms in total. The molecule has 0 aromatic carbocycles. The van der Waals surface area contributed by atoms with E-state index in [2.05, 4.69) is 26.0 Å². The summed E-state index contributed by atoms with van der Waals surface area (Å²) in [4.78, 5) is 38.1. The summed E-state index contributed by atoms with van der Waals surface area (Å²) in [6, 6.07) is 0. The number of phosphoric acid groups is 1. The zero-order valence-electron chi connectivity index (χ0n) is 60.0. The summed E-state index contributed by atoms with van der Waals surface area (Å²) in [6.07, 6.45) is 87.7. The van der Waals surface area contributed by atoms with Gasteiger partial charge in [0.05, 0.1) is 27.7 Å². The van der Waals surface area contributed by atoms with Gasteiger partial charge in [-0.15, -0.1) is 0 Å². The third-order valence-electron chi connectivity index (χ3n) is 18.3. The van der Waals surface area contributed by atoms with E-state index in [1.54, 1.807) is 0 Å². The lowest BCUT2D eigenvalue weighted by molar-refractivity contribution is -0.870. The highest BCUT2D eigenvalue weighted by Crippen LogP contribution is 2.38. The van der Waals surface area contributed by atoms with E-state index in [-0.39, 0.29) is 32.0 Å². The van der Waals surface area contributed by atoms with E-state index in [4.69, 9.17) is 18.5 Å². The van der Waals surface area contributed by atoms with Gasteiger partial charge in [0.2, 0.25) is 0 Å². The minimum absolute atomic E-state index is 0.0259. The second-order valence-corrected chi connectivity index (χ2v) is 29.9. The summed E-state index contributed by atoms with van der Waals surface area (Å²) < 4.78 is 34.4. The third kappa shape index (κ3) is 73.8. The number of quaternary nitrogens is 1. The quantitative estimate of drug-likeness (QED) is 0.0195. The van der Waals surface area contributed by atoms with E-state index in [0.29, 0.717) is 17.4 Å². The molecule has 0 fully saturated rings. The molecule has 0 saturated carbocycles. The van der Waals surface area contributed by atoms with E-state index >= 15 is 0 Å². The molecule has 2 unspecified atom stereocenters. The lowest BCUT2D eigenvalue weighted by Crippen LogP contribution is -2.37. The Hall–Kier alpha value is -1.25. The summed E-state index contributed by atoms with van der Waals surface area (Å²) in [5, 5.41) is 0. The van der Waals surface area contributed by atoms with Crippen molar-refractivity contribution < 1.29 is 42.1 Å². The van der Waals surface area contributed by atoms with E-state index in [9.17, 15) is 19.0 Å². The Balaban J connectivity index is 3.90. The first-order valence-electron chi connectivity index (χ1n) is 39.4. The molecular weight excluding hydrogens is 1110 g/mol. The molecule has 0 aliphatic heterocycles. The first kappa shape index (κ1) is 86.8. The van der Waals surface area contributed by atoms with E-state index in [0.717, 1.165) is 32.1 Å². The molecule has 0 N–H and O–H groups in total. The first-order chi connectivity index (χ1) is 43.0. The van der Waals surface area contributed by atoms with Gasteiger partial charge in [-0.1, -0.05) is 386 Å². The van der Waals surface area contributed by atoms with Crippen molar-refractivity contribution in [1.29, 1.82) is 0 Å². The van der Waals surface area contributed by atoms with Gasteiger partial charge in [-0.2, -0.15) is 0 Å². The maximum absolute atomic E-state index is 12.9. The Morgan fingerprint density at radius 1 is 0.341 bits per heavy atom. The maximum Gasteiger partial charge on any atom is 0.306 e. The number of hydrogen-bond donors (Lipinski definition) is 0. The number of phosphoric ester groups is 1. The zero-order valence-corrected chi connectivity index (χ0v) is 60.9. The average molecular weight is 1270 g/mol. The molecule has 0 aromatic heterocycles. The van der Waals surface area contributed by atoms with E-state index in [1.807, 2.05) is 21.1 Å². The highest BCUT2D eigenvalue weighted by Gasteiger charge is 2.22. The highest BCUT2D eigenvalue weighted by molar-refractivity contribution is 7.45. The fourth-order valence-corrected chi connectivity index (χ4v) is 13.0. The van der Waals surface area contributed by atoms with Gasteiger partial charge < -0.3 is 27.9 Å². The van der Waals surface area contributed by atoms with Gasteiger partial charge in [0.1, 0.15) is 19.8 Å². The van der Waals surface area contributed by atoms with Crippen LogP contribution in [0.2, 0.25) is 0 Å². The molecule has 0 aliphatic carbocycles. The van der Waals surface area contributed by atoms with Crippen LogP contribution in [-0.4, -0.2) is 70.0 Å². The average Bonchev–Trinajstić information content (AvgIpc) is 3.68. The summed E-state index contributed by atoms with van der Waals surface area (Å²) in [7, 11) is 1.20. The number of hydrogen-bond acceptors (Lipinski definition) is 8. The summed E-state index contributed by atoms with van der Waals surface area (Å²) >= 11 is 0. The number of esters is 2. The van der Waals surface area contributed by atoms with Crippen molar-refractivity contribution in [3.8, 4) is 0 Å². The Labute approximate surface area is 549 Å². The first-order valence-corrected chi connectivity index (χ1v) is 40.9. The molecule has 2 atom stereocenters. The molecule has 524 valence electrons. The molecule has 10 heteroatoms. The second-order valence-electron chi connectivity index (χ2n) is 28.4. The van der Waals surface area contributed by atoms with Gasteiger partial charge in [0.15, 0.2) is 6.10 Å². The SMILES string of the molecule is CCCCCCCCCC/C=C\CCCCCCCCCCCCCCCCCCCC(=O)OC(COC(=O)CCCCCCCCCCCCCCCCCCCCCCCCCCCCCCCCCCCCC)COP(=O)([O-])OCC[N+](C)(C)C. The van der Waals surface area contributed by atoms with Crippen molar-refractivity contribution in [3.05, 3.63) is 12.2 Å². The number of nitrogens with zero attached hydrogens (tertiary/aromatic N) is 1. The Morgan fingerprint density at radius 3 is 0.841 bits per heavy atom. The van der Waals surface area contributed by atoms with Crippen molar-refractivity contribution in [3.63, 3.8) is 0 Å². The Bertz CT molecular complexity index is 1490. The van der Waals surface area contributed by atoms with Gasteiger partial charge in [0.25, 0.3) is 7.82 Å². The highest BCUT2D eigenvalue weighted by atomic mass is 31.2. The number of carbonyl (C=O) groups is 2. The number of likely N-dealkylation sites (N-methyl/N-ethyl adjacent to an activating group) is 1. The lowest BCUT2D eigenvalue weighted by atomic mass is 10.0. The molecule has 0 spiro atoms. The van der Waals surface area contributed by atoms with Gasteiger partial charge in [0, 0.05) is 12.8 Å². The molecule has 88 heavy (non-hydrogen) atoms. The molecule has 0 rings (SSSR count). The van der Waals surface area contributed by atoms with Crippen LogP contribution in [0, 0.1) is 0 Å². The topological polar surface area (TPSA) is 111 Å². The molecule has 0 aromatic rings. The Kier molecular flexibility index (Phi) is 69.1. The van der Waals surface area contributed by atoms with Crippen molar-refractivity contribution in [2.75, 3.05) is 47.5 Å². The fraction of sp³-hybridized carbons (Fsp3) is 0.949. The monoisotopic (exact) mass is 1260 g/mol. The number of unbranched alkanes of at least 4 members (excludes halogenated alkanes) is 59. The molecule has 0 aliphatic rings. The van der Waals surface area contributed by atoms with E-state index in [1.165, 1.54) is 360 Å². The normalized spacial score (nSPS) is 13.0. The van der Waals surface area contributed by atoms with Crippen LogP contribution in [0.1, 0.15) is 425 Å².